The van der Waals surface area contributed by atoms with Crippen molar-refractivity contribution in [2.24, 2.45) is 0 Å². The Morgan fingerprint density at radius 1 is 1.10 bits per heavy atom. The first kappa shape index (κ1) is 13.4. The monoisotopic (exact) mass is 280 g/mol. The van der Waals surface area contributed by atoms with Crippen LogP contribution in [0.5, 0.6) is 0 Å². The van der Waals surface area contributed by atoms with Crippen LogP contribution in [0.25, 0.3) is 0 Å². The first-order valence-electron chi connectivity index (χ1n) is 6.88. The third kappa shape index (κ3) is 2.52. The van der Waals surface area contributed by atoms with E-state index in [1.54, 1.807) is 24.1 Å². The van der Waals surface area contributed by atoms with Crippen LogP contribution in [-0.2, 0) is 4.79 Å². The topological polar surface area (TPSA) is 49.4 Å². The van der Waals surface area contributed by atoms with Gasteiger partial charge in [0.1, 0.15) is 6.04 Å². The number of fused-ring (bicyclic) bond motifs is 1. The molecule has 1 heterocycles. The first-order valence-corrected chi connectivity index (χ1v) is 6.88. The Hall–Kier alpha value is -2.62. The van der Waals surface area contributed by atoms with Gasteiger partial charge in [-0.25, -0.2) is 0 Å². The molecule has 0 spiro atoms. The summed E-state index contributed by atoms with van der Waals surface area (Å²) in [6.07, 6.45) is 0.154. The van der Waals surface area contributed by atoms with Gasteiger partial charge in [-0.1, -0.05) is 42.5 Å². The zero-order valence-electron chi connectivity index (χ0n) is 11.7. The summed E-state index contributed by atoms with van der Waals surface area (Å²) < 4.78 is 0. The van der Waals surface area contributed by atoms with Crippen molar-refractivity contribution in [3.8, 4) is 0 Å². The van der Waals surface area contributed by atoms with E-state index >= 15 is 0 Å². The smallest absolute Gasteiger partial charge is 0.249 e. The SMILES string of the molecule is CN1C(=O)C(CC(=O)c2ccccc2)Nc2ccccc21. The molecule has 1 aliphatic heterocycles. The van der Waals surface area contributed by atoms with Crippen molar-refractivity contribution in [3.05, 3.63) is 60.2 Å². The maximum atomic E-state index is 12.4. The van der Waals surface area contributed by atoms with Gasteiger partial charge in [-0.2, -0.15) is 0 Å². The van der Waals surface area contributed by atoms with E-state index in [0.29, 0.717) is 5.56 Å². The molecule has 0 bridgehead atoms. The molecule has 21 heavy (non-hydrogen) atoms. The largest absolute Gasteiger partial charge is 0.372 e. The second-order valence-electron chi connectivity index (χ2n) is 5.10. The van der Waals surface area contributed by atoms with Crippen molar-refractivity contribution in [1.82, 2.24) is 0 Å². The number of anilines is 2. The molecule has 0 radical (unpaired) electrons. The average molecular weight is 280 g/mol. The van der Waals surface area contributed by atoms with E-state index in [9.17, 15) is 9.59 Å². The number of nitrogens with zero attached hydrogens (tertiary/aromatic N) is 1. The van der Waals surface area contributed by atoms with Crippen LogP contribution in [0.3, 0.4) is 0 Å². The van der Waals surface area contributed by atoms with Crippen LogP contribution in [0.15, 0.2) is 54.6 Å². The third-order valence-electron chi connectivity index (χ3n) is 3.71. The fourth-order valence-electron chi connectivity index (χ4n) is 2.56. The number of hydrogen-bond donors (Lipinski definition) is 1. The highest BCUT2D eigenvalue weighted by Gasteiger charge is 2.31. The van der Waals surface area contributed by atoms with E-state index in [-0.39, 0.29) is 18.1 Å². The second-order valence-corrected chi connectivity index (χ2v) is 5.10. The number of Topliss-reactive ketones (excluding diaryl/α,β-unsaturated/α-hetero) is 1. The summed E-state index contributed by atoms with van der Waals surface area (Å²) in [6.45, 7) is 0. The van der Waals surface area contributed by atoms with E-state index < -0.39 is 6.04 Å². The van der Waals surface area contributed by atoms with Gasteiger partial charge in [0.15, 0.2) is 5.78 Å². The minimum absolute atomic E-state index is 0.0331. The fraction of sp³-hybridized carbons (Fsp3) is 0.176. The number of hydrogen-bond acceptors (Lipinski definition) is 3. The Morgan fingerprint density at radius 3 is 2.52 bits per heavy atom. The van der Waals surface area contributed by atoms with Crippen molar-refractivity contribution in [3.63, 3.8) is 0 Å². The Bertz CT molecular complexity index is 682. The number of likely N-dealkylation sites (N-methyl/N-ethyl adjacent to an activating group) is 1. The number of benzene rings is 2. The molecule has 3 rings (SSSR count). The molecular formula is C17H16N2O2. The molecule has 0 aliphatic carbocycles. The van der Waals surface area contributed by atoms with Gasteiger partial charge in [-0.05, 0) is 12.1 Å². The van der Waals surface area contributed by atoms with E-state index in [1.165, 1.54) is 0 Å². The zero-order valence-corrected chi connectivity index (χ0v) is 11.7. The van der Waals surface area contributed by atoms with Gasteiger partial charge in [0.05, 0.1) is 11.4 Å². The summed E-state index contributed by atoms with van der Waals surface area (Å²) in [6, 6.07) is 16.1. The number of ketones is 1. The Balaban J connectivity index is 1.81. The van der Waals surface area contributed by atoms with Crippen LogP contribution in [0.1, 0.15) is 16.8 Å². The molecule has 4 heteroatoms. The molecule has 0 aromatic heterocycles. The van der Waals surface area contributed by atoms with Crippen molar-refractivity contribution in [2.75, 3.05) is 17.3 Å². The predicted molar refractivity (Wildman–Crippen MR) is 82.7 cm³/mol. The molecule has 0 saturated carbocycles. The van der Waals surface area contributed by atoms with Crippen LogP contribution >= 0.6 is 0 Å². The molecule has 1 aliphatic rings. The van der Waals surface area contributed by atoms with Crippen molar-refractivity contribution in [2.45, 2.75) is 12.5 Å². The molecule has 2 aromatic carbocycles. The molecule has 0 saturated heterocycles. The highest BCUT2D eigenvalue weighted by Crippen LogP contribution is 2.30. The third-order valence-corrected chi connectivity index (χ3v) is 3.71. The average Bonchev–Trinajstić information content (AvgIpc) is 2.53. The molecule has 106 valence electrons. The molecule has 1 amide bonds. The van der Waals surface area contributed by atoms with Crippen molar-refractivity contribution in [1.29, 1.82) is 0 Å². The summed E-state index contributed by atoms with van der Waals surface area (Å²) in [5.41, 5.74) is 2.35. The second kappa shape index (κ2) is 5.40. The minimum atomic E-state index is -0.516. The van der Waals surface area contributed by atoms with Crippen LogP contribution in [0, 0.1) is 0 Å². The lowest BCUT2D eigenvalue weighted by Gasteiger charge is -2.32. The van der Waals surface area contributed by atoms with E-state index in [0.717, 1.165) is 11.4 Å². The lowest BCUT2D eigenvalue weighted by atomic mass is 10.0. The molecular weight excluding hydrogens is 264 g/mol. The highest BCUT2D eigenvalue weighted by molar-refractivity contribution is 6.08. The quantitative estimate of drug-likeness (QED) is 0.879. The molecule has 2 aromatic rings. The van der Waals surface area contributed by atoms with Gasteiger partial charge in [-0.3, -0.25) is 9.59 Å². The van der Waals surface area contributed by atoms with Crippen LogP contribution in [0.4, 0.5) is 11.4 Å². The lowest BCUT2D eigenvalue weighted by Crippen LogP contribution is -2.46. The van der Waals surface area contributed by atoms with Gasteiger partial charge >= 0.3 is 0 Å². The zero-order chi connectivity index (χ0) is 14.8. The molecule has 1 N–H and O–H groups in total. The number of nitrogens with one attached hydrogen (secondary N) is 1. The highest BCUT2D eigenvalue weighted by atomic mass is 16.2. The summed E-state index contributed by atoms with van der Waals surface area (Å²) in [7, 11) is 1.74. The Kier molecular flexibility index (Phi) is 3.44. The molecule has 4 nitrogen and oxygen atoms in total. The van der Waals surface area contributed by atoms with Gasteiger partial charge in [0.2, 0.25) is 5.91 Å². The van der Waals surface area contributed by atoms with Crippen molar-refractivity contribution < 1.29 is 9.59 Å². The molecule has 1 atom stereocenters. The lowest BCUT2D eigenvalue weighted by molar-refractivity contribution is -0.119. The maximum Gasteiger partial charge on any atom is 0.249 e. The summed E-state index contributed by atoms with van der Waals surface area (Å²) in [5, 5.41) is 3.17. The number of carbonyl (C=O) groups excluding carboxylic acids is 2. The van der Waals surface area contributed by atoms with E-state index in [4.69, 9.17) is 0 Å². The van der Waals surface area contributed by atoms with Gasteiger partial charge < -0.3 is 10.2 Å². The number of carbonyl (C=O) groups is 2. The standard InChI is InChI=1S/C17H16N2O2/c1-19-15-10-6-5-9-13(15)18-14(17(19)21)11-16(20)12-7-3-2-4-8-12/h2-10,14,18H,11H2,1H3. The number of amides is 1. The fourth-order valence-corrected chi connectivity index (χ4v) is 2.56. The van der Waals surface area contributed by atoms with E-state index in [2.05, 4.69) is 5.32 Å². The van der Waals surface area contributed by atoms with Crippen LogP contribution < -0.4 is 10.2 Å². The van der Waals surface area contributed by atoms with Crippen LogP contribution in [-0.4, -0.2) is 24.8 Å². The Morgan fingerprint density at radius 2 is 1.76 bits per heavy atom. The van der Waals surface area contributed by atoms with Gasteiger partial charge in [0.25, 0.3) is 0 Å². The minimum Gasteiger partial charge on any atom is -0.372 e. The maximum absolute atomic E-state index is 12.4. The summed E-state index contributed by atoms with van der Waals surface area (Å²) in [4.78, 5) is 26.2. The van der Waals surface area contributed by atoms with Gasteiger partial charge in [0, 0.05) is 19.0 Å². The Labute approximate surface area is 123 Å². The number of para-hydroxylation sites is 2. The molecule has 1 unspecified atom stereocenters. The van der Waals surface area contributed by atoms with Crippen LogP contribution in [0.2, 0.25) is 0 Å². The number of rotatable bonds is 3. The predicted octanol–water partition coefficient (Wildman–Crippen LogP) is 2.72. The van der Waals surface area contributed by atoms with Crippen molar-refractivity contribution >= 4 is 23.1 Å². The summed E-state index contributed by atoms with van der Waals surface area (Å²) >= 11 is 0. The normalized spacial score (nSPS) is 17.1. The van der Waals surface area contributed by atoms with Gasteiger partial charge in [-0.15, -0.1) is 0 Å². The molecule has 0 fully saturated rings. The van der Waals surface area contributed by atoms with E-state index in [1.807, 2.05) is 42.5 Å². The summed E-state index contributed by atoms with van der Waals surface area (Å²) in [5.74, 6) is -0.118. The first-order chi connectivity index (χ1) is 10.2.